The maximum Gasteiger partial charge on any atom is 0.0692 e. The Morgan fingerprint density at radius 3 is 2.74 bits per heavy atom. The third kappa shape index (κ3) is 3.71. The van der Waals surface area contributed by atoms with Gasteiger partial charge in [-0.05, 0) is 51.6 Å². The first-order chi connectivity index (χ1) is 9.23. The summed E-state index contributed by atoms with van der Waals surface area (Å²) in [7, 11) is 0. The van der Waals surface area contributed by atoms with Gasteiger partial charge < -0.3 is 10.1 Å². The highest BCUT2D eigenvalue weighted by Crippen LogP contribution is 2.34. The second-order valence-electron chi connectivity index (χ2n) is 6.29. The van der Waals surface area contributed by atoms with Gasteiger partial charge in [-0.2, -0.15) is 0 Å². The molecule has 19 heavy (non-hydrogen) atoms. The summed E-state index contributed by atoms with van der Waals surface area (Å²) in [5.41, 5.74) is 0.157. The third-order valence-corrected chi connectivity index (χ3v) is 5.27. The van der Waals surface area contributed by atoms with Crippen molar-refractivity contribution in [2.24, 2.45) is 0 Å². The fourth-order valence-electron chi connectivity index (χ4n) is 3.69. The fraction of sp³-hybridized carbons (Fsp3) is 1.00. The van der Waals surface area contributed by atoms with Gasteiger partial charge in [-0.15, -0.1) is 0 Å². The van der Waals surface area contributed by atoms with Gasteiger partial charge in [-0.1, -0.05) is 20.8 Å². The average Bonchev–Trinajstić information content (AvgIpc) is 2.72. The highest BCUT2D eigenvalue weighted by molar-refractivity contribution is 4.91. The Labute approximate surface area is 119 Å². The zero-order chi connectivity index (χ0) is 13.7. The van der Waals surface area contributed by atoms with Crippen molar-refractivity contribution in [2.75, 3.05) is 26.2 Å². The number of rotatable bonds is 4. The van der Waals surface area contributed by atoms with Gasteiger partial charge in [0.1, 0.15) is 0 Å². The van der Waals surface area contributed by atoms with Crippen molar-refractivity contribution in [3.05, 3.63) is 0 Å². The molecular weight excluding hydrogens is 236 g/mol. The predicted molar refractivity (Wildman–Crippen MR) is 80.6 cm³/mol. The molecular formula is C16H32N2O. The largest absolute Gasteiger partial charge is 0.375 e. The van der Waals surface area contributed by atoms with Crippen LogP contribution in [0.5, 0.6) is 0 Å². The van der Waals surface area contributed by atoms with E-state index in [1.165, 1.54) is 45.3 Å². The van der Waals surface area contributed by atoms with Gasteiger partial charge >= 0.3 is 0 Å². The van der Waals surface area contributed by atoms with Crippen molar-refractivity contribution in [2.45, 2.75) is 77.0 Å². The summed E-state index contributed by atoms with van der Waals surface area (Å²) in [5, 5.41) is 3.68. The molecule has 2 heterocycles. The Balaban J connectivity index is 1.99. The van der Waals surface area contributed by atoms with Gasteiger partial charge in [0.15, 0.2) is 0 Å². The van der Waals surface area contributed by atoms with Crippen LogP contribution in [0.1, 0.15) is 59.3 Å². The number of ether oxygens (including phenoxy) is 1. The first-order valence-electron chi connectivity index (χ1n) is 8.34. The van der Waals surface area contributed by atoms with Crippen molar-refractivity contribution >= 4 is 0 Å². The third-order valence-electron chi connectivity index (χ3n) is 5.27. The molecule has 1 N–H and O–H groups in total. The van der Waals surface area contributed by atoms with Gasteiger partial charge in [0.25, 0.3) is 0 Å². The van der Waals surface area contributed by atoms with E-state index in [1.54, 1.807) is 0 Å². The quantitative estimate of drug-likeness (QED) is 0.848. The van der Waals surface area contributed by atoms with Gasteiger partial charge in [0.05, 0.1) is 5.60 Å². The molecule has 0 spiro atoms. The minimum atomic E-state index is 0.157. The summed E-state index contributed by atoms with van der Waals surface area (Å²) in [5.74, 6) is 0. The highest BCUT2D eigenvalue weighted by Gasteiger charge is 2.37. The summed E-state index contributed by atoms with van der Waals surface area (Å²) in [6.45, 7) is 11.5. The Kier molecular flexibility index (Phi) is 5.67. The SMILES string of the molecule is CCC1CN(C2CCOC(CC)(CC)C2)CCCN1. The standard InChI is InChI=1S/C16H32N2O/c1-4-14-13-18(10-7-9-17-14)15-8-11-19-16(5-2,6-3)12-15/h14-15,17H,4-13H2,1-3H3. The van der Waals surface area contributed by atoms with Gasteiger partial charge in [0.2, 0.25) is 0 Å². The zero-order valence-corrected chi connectivity index (χ0v) is 13.1. The lowest BCUT2D eigenvalue weighted by Gasteiger charge is -2.44. The van der Waals surface area contributed by atoms with E-state index in [1.807, 2.05) is 0 Å². The Morgan fingerprint density at radius 2 is 2.05 bits per heavy atom. The number of hydrogen-bond donors (Lipinski definition) is 1. The molecule has 0 aliphatic carbocycles. The molecule has 2 aliphatic heterocycles. The number of hydrogen-bond acceptors (Lipinski definition) is 3. The number of nitrogens with zero attached hydrogens (tertiary/aromatic N) is 1. The molecule has 3 nitrogen and oxygen atoms in total. The van der Waals surface area contributed by atoms with Crippen LogP contribution in [0.4, 0.5) is 0 Å². The lowest BCUT2D eigenvalue weighted by Crippen LogP contribution is -2.50. The molecule has 2 unspecified atom stereocenters. The molecule has 0 amide bonds. The van der Waals surface area contributed by atoms with Crippen molar-refractivity contribution in [3.8, 4) is 0 Å². The smallest absolute Gasteiger partial charge is 0.0692 e. The Bertz CT molecular complexity index is 265. The van der Waals surface area contributed by atoms with Crippen LogP contribution in [-0.2, 0) is 4.74 Å². The highest BCUT2D eigenvalue weighted by atomic mass is 16.5. The molecule has 3 heteroatoms. The van der Waals surface area contributed by atoms with E-state index < -0.39 is 0 Å². The molecule has 2 atom stereocenters. The van der Waals surface area contributed by atoms with Crippen LogP contribution in [0.15, 0.2) is 0 Å². The van der Waals surface area contributed by atoms with Crippen LogP contribution >= 0.6 is 0 Å². The normalized spacial score (nSPS) is 33.0. The molecule has 0 aromatic rings. The Morgan fingerprint density at radius 1 is 1.26 bits per heavy atom. The van der Waals surface area contributed by atoms with E-state index in [0.717, 1.165) is 25.5 Å². The molecule has 2 aliphatic rings. The molecule has 2 rings (SSSR count). The molecule has 0 radical (unpaired) electrons. The fourth-order valence-corrected chi connectivity index (χ4v) is 3.69. The van der Waals surface area contributed by atoms with E-state index in [2.05, 4.69) is 31.0 Å². The summed E-state index contributed by atoms with van der Waals surface area (Å²) in [6.07, 6.45) is 7.30. The monoisotopic (exact) mass is 268 g/mol. The summed E-state index contributed by atoms with van der Waals surface area (Å²) in [4.78, 5) is 2.75. The molecule has 0 aromatic carbocycles. The minimum absolute atomic E-state index is 0.157. The van der Waals surface area contributed by atoms with Crippen molar-refractivity contribution in [1.82, 2.24) is 10.2 Å². The summed E-state index contributed by atoms with van der Waals surface area (Å²) in [6, 6.07) is 1.42. The molecule has 112 valence electrons. The predicted octanol–water partition coefficient (Wildman–Crippen LogP) is 2.80. The van der Waals surface area contributed by atoms with Crippen LogP contribution in [0, 0.1) is 0 Å². The molecule has 2 saturated heterocycles. The van der Waals surface area contributed by atoms with Gasteiger partial charge in [-0.3, -0.25) is 4.90 Å². The maximum atomic E-state index is 6.13. The topological polar surface area (TPSA) is 24.5 Å². The molecule has 0 aromatic heterocycles. The van der Waals surface area contributed by atoms with Crippen LogP contribution in [0.3, 0.4) is 0 Å². The first kappa shape index (κ1) is 15.3. The molecule has 0 saturated carbocycles. The summed E-state index contributed by atoms with van der Waals surface area (Å²) < 4.78 is 6.13. The van der Waals surface area contributed by atoms with Crippen LogP contribution in [0.25, 0.3) is 0 Å². The van der Waals surface area contributed by atoms with Crippen LogP contribution in [0.2, 0.25) is 0 Å². The van der Waals surface area contributed by atoms with Crippen molar-refractivity contribution in [1.29, 1.82) is 0 Å². The van der Waals surface area contributed by atoms with Gasteiger partial charge in [0, 0.05) is 25.2 Å². The Hall–Kier alpha value is -0.120. The van der Waals surface area contributed by atoms with Crippen LogP contribution < -0.4 is 5.32 Å². The van der Waals surface area contributed by atoms with Crippen LogP contribution in [-0.4, -0.2) is 48.8 Å². The summed E-state index contributed by atoms with van der Waals surface area (Å²) >= 11 is 0. The minimum Gasteiger partial charge on any atom is -0.375 e. The van der Waals surface area contributed by atoms with Crippen molar-refractivity contribution in [3.63, 3.8) is 0 Å². The van der Waals surface area contributed by atoms with E-state index >= 15 is 0 Å². The second-order valence-corrected chi connectivity index (χ2v) is 6.29. The van der Waals surface area contributed by atoms with E-state index in [4.69, 9.17) is 4.74 Å². The lowest BCUT2D eigenvalue weighted by molar-refractivity contribution is -0.110. The second kappa shape index (κ2) is 7.05. The zero-order valence-electron chi connectivity index (χ0n) is 13.1. The van der Waals surface area contributed by atoms with Gasteiger partial charge in [-0.25, -0.2) is 0 Å². The lowest BCUT2D eigenvalue weighted by atomic mass is 9.85. The molecule has 2 fully saturated rings. The van der Waals surface area contributed by atoms with E-state index in [9.17, 15) is 0 Å². The maximum absolute atomic E-state index is 6.13. The first-order valence-corrected chi connectivity index (χ1v) is 8.34. The van der Waals surface area contributed by atoms with Crippen molar-refractivity contribution < 1.29 is 4.74 Å². The average molecular weight is 268 g/mol. The molecule has 0 bridgehead atoms. The number of nitrogens with one attached hydrogen (secondary N) is 1. The van der Waals surface area contributed by atoms with E-state index in [-0.39, 0.29) is 5.60 Å². The van der Waals surface area contributed by atoms with E-state index in [0.29, 0.717) is 6.04 Å².